The van der Waals surface area contributed by atoms with Crippen molar-refractivity contribution in [2.24, 2.45) is 0 Å². The highest BCUT2D eigenvalue weighted by Crippen LogP contribution is 2.31. The highest BCUT2D eigenvalue weighted by molar-refractivity contribution is 5.88. The Labute approximate surface area is 112 Å². The molecule has 102 valence electrons. The maximum atomic E-state index is 12.6. The average Bonchev–Trinajstić information content (AvgIpc) is 2.32. The molecule has 0 atom stereocenters. The third kappa shape index (κ3) is 2.49. The fourth-order valence-corrected chi connectivity index (χ4v) is 2.39. The highest BCUT2D eigenvalue weighted by atomic mass is 16.4. The number of hydrogen-bond acceptors (Lipinski definition) is 3. The van der Waals surface area contributed by atoms with Crippen molar-refractivity contribution in [3.8, 4) is 5.75 Å². The lowest BCUT2D eigenvalue weighted by Crippen LogP contribution is -3.04. The Bertz CT molecular complexity index is 671. The summed E-state index contributed by atoms with van der Waals surface area (Å²) in [5.74, 6) is -0.00296. The SMILES string of the molecule is CCc1cc(=O)oc2cc(C)c(C[NH+](C)C)c([O-])c12. The van der Waals surface area contributed by atoms with Gasteiger partial charge in [-0.1, -0.05) is 12.7 Å². The van der Waals surface area contributed by atoms with Crippen LogP contribution in [0.15, 0.2) is 21.3 Å². The standard InChI is InChI=1S/C15H19NO3/c1-5-10-7-13(17)19-12-6-9(2)11(8-16(3)4)15(18)14(10)12/h6-7,18H,5,8H2,1-4H3. The monoisotopic (exact) mass is 261 g/mol. The van der Waals surface area contributed by atoms with Crippen molar-refractivity contribution in [2.45, 2.75) is 26.8 Å². The van der Waals surface area contributed by atoms with Crippen LogP contribution in [0.2, 0.25) is 0 Å². The number of nitrogens with one attached hydrogen (secondary N) is 1. The smallest absolute Gasteiger partial charge is 0.336 e. The van der Waals surface area contributed by atoms with Gasteiger partial charge < -0.3 is 14.4 Å². The molecule has 0 fully saturated rings. The molecule has 0 saturated carbocycles. The first-order valence-corrected chi connectivity index (χ1v) is 6.49. The molecule has 4 nitrogen and oxygen atoms in total. The molecule has 1 heterocycles. The zero-order valence-corrected chi connectivity index (χ0v) is 11.8. The van der Waals surface area contributed by atoms with E-state index in [1.54, 1.807) is 6.07 Å². The van der Waals surface area contributed by atoms with Crippen LogP contribution in [-0.4, -0.2) is 14.1 Å². The third-order valence-corrected chi connectivity index (χ3v) is 3.31. The van der Waals surface area contributed by atoms with Gasteiger partial charge in [-0.2, -0.15) is 0 Å². The van der Waals surface area contributed by atoms with Gasteiger partial charge in [-0.05, 0) is 30.5 Å². The van der Waals surface area contributed by atoms with Crippen LogP contribution in [0.25, 0.3) is 11.0 Å². The first-order valence-electron chi connectivity index (χ1n) is 6.49. The number of benzene rings is 1. The first kappa shape index (κ1) is 13.6. The second-order valence-corrected chi connectivity index (χ2v) is 5.20. The summed E-state index contributed by atoms with van der Waals surface area (Å²) in [7, 11) is 4.02. The lowest BCUT2D eigenvalue weighted by molar-refractivity contribution is -0.872. The Hall–Kier alpha value is -1.81. The Kier molecular flexibility index (Phi) is 3.62. The van der Waals surface area contributed by atoms with Gasteiger partial charge in [-0.15, -0.1) is 0 Å². The Morgan fingerprint density at radius 1 is 1.32 bits per heavy atom. The maximum absolute atomic E-state index is 12.6. The first-order chi connectivity index (χ1) is 8.93. The van der Waals surface area contributed by atoms with E-state index in [2.05, 4.69) is 0 Å². The van der Waals surface area contributed by atoms with Crippen molar-refractivity contribution < 1.29 is 14.4 Å². The summed E-state index contributed by atoms with van der Waals surface area (Å²) in [6.45, 7) is 4.49. The van der Waals surface area contributed by atoms with Crippen molar-refractivity contribution >= 4 is 11.0 Å². The Morgan fingerprint density at radius 2 is 2.00 bits per heavy atom. The quantitative estimate of drug-likeness (QED) is 0.813. The fourth-order valence-electron chi connectivity index (χ4n) is 2.39. The van der Waals surface area contributed by atoms with E-state index in [9.17, 15) is 9.90 Å². The third-order valence-electron chi connectivity index (χ3n) is 3.31. The van der Waals surface area contributed by atoms with E-state index >= 15 is 0 Å². The summed E-state index contributed by atoms with van der Waals surface area (Å²) in [4.78, 5) is 12.7. The molecule has 0 amide bonds. The van der Waals surface area contributed by atoms with Gasteiger partial charge in [0.1, 0.15) is 12.1 Å². The molecule has 0 aliphatic rings. The van der Waals surface area contributed by atoms with Crippen molar-refractivity contribution in [2.75, 3.05) is 14.1 Å². The number of aryl methyl sites for hydroxylation is 2. The van der Waals surface area contributed by atoms with Gasteiger partial charge in [-0.25, -0.2) is 4.79 Å². The van der Waals surface area contributed by atoms with E-state index in [1.165, 1.54) is 11.0 Å². The van der Waals surface area contributed by atoms with E-state index in [0.717, 1.165) is 16.7 Å². The van der Waals surface area contributed by atoms with Crippen LogP contribution in [0.3, 0.4) is 0 Å². The van der Waals surface area contributed by atoms with Crippen molar-refractivity contribution in [1.82, 2.24) is 0 Å². The van der Waals surface area contributed by atoms with Crippen LogP contribution in [0.5, 0.6) is 5.75 Å². The largest absolute Gasteiger partial charge is 0.872 e. The predicted octanol–water partition coefficient (Wildman–Crippen LogP) is 0.382. The number of quaternary nitrogens is 1. The van der Waals surface area contributed by atoms with E-state index in [0.29, 0.717) is 23.9 Å². The van der Waals surface area contributed by atoms with Crippen LogP contribution in [0.4, 0.5) is 0 Å². The Morgan fingerprint density at radius 3 is 2.58 bits per heavy atom. The molecule has 0 aliphatic carbocycles. The van der Waals surface area contributed by atoms with E-state index in [-0.39, 0.29) is 5.75 Å². The van der Waals surface area contributed by atoms with Crippen molar-refractivity contribution in [1.29, 1.82) is 0 Å². The van der Waals surface area contributed by atoms with Gasteiger partial charge in [0.15, 0.2) is 0 Å². The summed E-state index contributed by atoms with van der Waals surface area (Å²) in [6.07, 6.45) is 0.647. The Balaban J connectivity index is 2.82. The van der Waals surface area contributed by atoms with Crippen LogP contribution < -0.4 is 15.6 Å². The molecule has 0 radical (unpaired) electrons. The molecule has 2 rings (SSSR count). The molecule has 0 spiro atoms. The number of hydrogen-bond donors (Lipinski definition) is 1. The van der Waals surface area contributed by atoms with Gasteiger partial charge in [0.25, 0.3) is 0 Å². The molecule has 19 heavy (non-hydrogen) atoms. The predicted molar refractivity (Wildman–Crippen MR) is 72.6 cm³/mol. The molecule has 0 saturated heterocycles. The minimum absolute atomic E-state index is 0.00296. The molecule has 2 aromatic rings. The summed E-state index contributed by atoms with van der Waals surface area (Å²) in [6, 6.07) is 3.22. The van der Waals surface area contributed by atoms with Crippen LogP contribution in [0.1, 0.15) is 23.6 Å². The molecule has 4 heteroatoms. The van der Waals surface area contributed by atoms with Gasteiger partial charge in [0.2, 0.25) is 0 Å². The van der Waals surface area contributed by atoms with Crippen LogP contribution in [-0.2, 0) is 13.0 Å². The summed E-state index contributed by atoms with van der Waals surface area (Å²) < 4.78 is 5.16. The molecular formula is C15H19NO3. The van der Waals surface area contributed by atoms with Crippen molar-refractivity contribution in [3.05, 3.63) is 39.2 Å². The van der Waals surface area contributed by atoms with E-state index < -0.39 is 5.63 Å². The van der Waals surface area contributed by atoms with Crippen molar-refractivity contribution in [3.63, 3.8) is 0 Å². The normalized spacial score (nSPS) is 11.4. The summed E-state index contributed by atoms with van der Waals surface area (Å²) in [5.41, 5.74) is 2.47. The maximum Gasteiger partial charge on any atom is 0.336 e. The fraction of sp³-hybridized carbons (Fsp3) is 0.400. The molecular weight excluding hydrogens is 242 g/mol. The van der Waals surface area contributed by atoms with Gasteiger partial charge >= 0.3 is 5.63 Å². The molecule has 0 bridgehead atoms. The minimum Gasteiger partial charge on any atom is -0.872 e. The molecule has 1 aromatic heterocycles. The summed E-state index contributed by atoms with van der Waals surface area (Å²) in [5, 5.41) is 13.2. The second-order valence-electron chi connectivity index (χ2n) is 5.20. The molecule has 0 aliphatic heterocycles. The van der Waals surface area contributed by atoms with Crippen LogP contribution >= 0.6 is 0 Å². The molecule has 1 aromatic carbocycles. The van der Waals surface area contributed by atoms with Gasteiger partial charge in [0, 0.05) is 17.0 Å². The van der Waals surface area contributed by atoms with E-state index in [1.807, 2.05) is 27.9 Å². The number of fused-ring (bicyclic) bond motifs is 1. The topological polar surface area (TPSA) is 57.7 Å². The zero-order valence-electron chi connectivity index (χ0n) is 11.8. The second kappa shape index (κ2) is 5.05. The van der Waals surface area contributed by atoms with Crippen LogP contribution in [0, 0.1) is 6.92 Å². The zero-order chi connectivity index (χ0) is 14.2. The molecule has 1 N–H and O–H groups in total. The van der Waals surface area contributed by atoms with Gasteiger partial charge in [0.05, 0.1) is 14.1 Å². The highest BCUT2D eigenvalue weighted by Gasteiger charge is 2.12. The molecule has 0 unspecified atom stereocenters. The summed E-state index contributed by atoms with van der Waals surface area (Å²) >= 11 is 0. The lowest BCUT2D eigenvalue weighted by atomic mass is 9.99. The number of rotatable bonds is 3. The minimum atomic E-state index is -0.394. The average molecular weight is 261 g/mol. The lowest BCUT2D eigenvalue weighted by Gasteiger charge is -2.21. The van der Waals surface area contributed by atoms with E-state index in [4.69, 9.17) is 4.42 Å². The van der Waals surface area contributed by atoms with Gasteiger partial charge in [-0.3, -0.25) is 0 Å².